The number of carbonyl (C=O) groups excluding carboxylic acids is 2. The van der Waals surface area contributed by atoms with Gasteiger partial charge in [0.1, 0.15) is 11.6 Å². The summed E-state index contributed by atoms with van der Waals surface area (Å²) in [6.07, 6.45) is 3.16. The molecule has 1 aliphatic heterocycles. The van der Waals surface area contributed by atoms with Crippen LogP contribution in [-0.2, 0) is 11.2 Å². The van der Waals surface area contributed by atoms with Crippen LogP contribution in [0.15, 0.2) is 42.7 Å². The number of phenolic OH excluding ortho intramolecular Hbond substituents is 1. The lowest BCUT2D eigenvalue weighted by Gasteiger charge is -2.22. The van der Waals surface area contributed by atoms with Crippen LogP contribution < -0.4 is 0 Å². The maximum absolute atomic E-state index is 13.3. The predicted molar refractivity (Wildman–Crippen MR) is 93.1 cm³/mol. The third-order valence-corrected chi connectivity index (χ3v) is 4.42. The normalized spacial score (nSPS) is 14.8. The number of phenols is 1. The van der Waals surface area contributed by atoms with E-state index < -0.39 is 5.82 Å². The Morgan fingerprint density at radius 3 is 2.58 bits per heavy atom. The number of carbonyl (C=O) groups is 2. The molecular weight excluding hydrogens is 337 g/mol. The van der Waals surface area contributed by atoms with Gasteiger partial charge in [-0.05, 0) is 18.6 Å². The lowest BCUT2D eigenvalue weighted by Crippen LogP contribution is -2.38. The molecule has 1 aromatic carbocycles. The minimum absolute atomic E-state index is 0.0896. The van der Waals surface area contributed by atoms with Crippen LogP contribution in [0, 0.1) is 5.82 Å². The summed E-state index contributed by atoms with van der Waals surface area (Å²) < 4.78 is 13.3. The number of amides is 2. The van der Waals surface area contributed by atoms with Gasteiger partial charge in [-0.2, -0.15) is 0 Å². The zero-order valence-electron chi connectivity index (χ0n) is 14.3. The molecule has 0 saturated carbocycles. The summed E-state index contributed by atoms with van der Waals surface area (Å²) in [6, 6.07) is 7.93. The second-order valence-corrected chi connectivity index (χ2v) is 6.22. The van der Waals surface area contributed by atoms with E-state index in [4.69, 9.17) is 0 Å². The molecule has 1 aromatic heterocycles. The monoisotopic (exact) mass is 357 g/mol. The molecule has 136 valence electrons. The second-order valence-electron chi connectivity index (χ2n) is 6.22. The van der Waals surface area contributed by atoms with E-state index in [2.05, 4.69) is 4.98 Å². The molecule has 26 heavy (non-hydrogen) atoms. The molecule has 3 rings (SSSR count). The van der Waals surface area contributed by atoms with Crippen LogP contribution in [0.1, 0.15) is 22.3 Å². The molecule has 0 aliphatic carbocycles. The van der Waals surface area contributed by atoms with Crippen LogP contribution in [0.4, 0.5) is 4.39 Å². The topological polar surface area (TPSA) is 73.7 Å². The summed E-state index contributed by atoms with van der Waals surface area (Å²) in [6.45, 7) is 1.82. The van der Waals surface area contributed by atoms with E-state index in [0.29, 0.717) is 38.2 Å². The first-order valence-corrected chi connectivity index (χ1v) is 8.49. The molecule has 7 heteroatoms. The van der Waals surface area contributed by atoms with Crippen LogP contribution in [0.3, 0.4) is 0 Å². The Balaban J connectivity index is 1.62. The van der Waals surface area contributed by atoms with E-state index in [1.54, 1.807) is 34.1 Å². The Labute approximate surface area is 150 Å². The van der Waals surface area contributed by atoms with Gasteiger partial charge in [0.2, 0.25) is 5.91 Å². The van der Waals surface area contributed by atoms with Crippen molar-refractivity contribution in [2.45, 2.75) is 12.8 Å². The van der Waals surface area contributed by atoms with E-state index in [-0.39, 0.29) is 29.5 Å². The third kappa shape index (κ3) is 4.17. The fraction of sp³-hybridized carbons (Fsp3) is 0.316. The van der Waals surface area contributed by atoms with Gasteiger partial charge in [-0.3, -0.25) is 14.6 Å². The Morgan fingerprint density at radius 1 is 1.08 bits per heavy atom. The first kappa shape index (κ1) is 17.8. The Morgan fingerprint density at radius 2 is 1.81 bits per heavy atom. The Kier molecular flexibility index (Phi) is 5.46. The molecule has 6 nitrogen and oxygen atoms in total. The highest BCUT2D eigenvalue weighted by molar-refractivity contribution is 5.94. The van der Waals surface area contributed by atoms with Gasteiger partial charge in [0.25, 0.3) is 5.91 Å². The summed E-state index contributed by atoms with van der Waals surface area (Å²) in [7, 11) is 0. The first-order valence-electron chi connectivity index (χ1n) is 8.49. The van der Waals surface area contributed by atoms with Crippen molar-refractivity contribution in [3.63, 3.8) is 0 Å². The molecule has 0 bridgehead atoms. The first-order chi connectivity index (χ1) is 12.5. The van der Waals surface area contributed by atoms with Crippen molar-refractivity contribution in [3.8, 4) is 5.75 Å². The maximum Gasteiger partial charge on any atom is 0.255 e. The molecule has 1 fully saturated rings. The van der Waals surface area contributed by atoms with Gasteiger partial charge in [0.15, 0.2) is 0 Å². The third-order valence-electron chi connectivity index (χ3n) is 4.42. The second kappa shape index (κ2) is 7.95. The fourth-order valence-corrected chi connectivity index (χ4v) is 3.02. The number of rotatable bonds is 3. The van der Waals surface area contributed by atoms with Gasteiger partial charge in [-0.15, -0.1) is 0 Å². The molecule has 1 saturated heterocycles. The van der Waals surface area contributed by atoms with Crippen molar-refractivity contribution < 1.29 is 19.1 Å². The van der Waals surface area contributed by atoms with E-state index >= 15 is 0 Å². The van der Waals surface area contributed by atoms with Crippen molar-refractivity contribution in [3.05, 3.63) is 59.7 Å². The van der Waals surface area contributed by atoms with Gasteiger partial charge in [-0.25, -0.2) is 4.39 Å². The van der Waals surface area contributed by atoms with Crippen LogP contribution in [-0.4, -0.2) is 57.9 Å². The van der Waals surface area contributed by atoms with Crippen LogP contribution in [0.2, 0.25) is 0 Å². The van der Waals surface area contributed by atoms with Crippen molar-refractivity contribution in [1.29, 1.82) is 0 Å². The summed E-state index contributed by atoms with van der Waals surface area (Å²) in [5.74, 6) is -0.823. The van der Waals surface area contributed by atoms with Crippen molar-refractivity contribution in [2.75, 3.05) is 26.2 Å². The maximum atomic E-state index is 13.3. The lowest BCUT2D eigenvalue weighted by atomic mass is 10.1. The summed E-state index contributed by atoms with van der Waals surface area (Å²) in [4.78, 5) is 32.0. The van der Waals surface area contributed by atoms with Gasteiger partial charge in [0.05, 0.1) is 18.2 Å². The number of aromatic hydroxyl groups is 1. The highest BCUT2D eigenvalue weighted by Crippen LogP contribution is 2.18. The molecule has 0 atom stereocenters. The van der Waals surface area contributed by atoms with Crippen LogP contribution in [0.25, 0.3) is 0 Å². The molecule has 2 aromatic rings. The average molecular weight is 357 g/mol. The average Bonchev–Trinajstić information content (AvgIpc) is 2.89. The van der Waals surface area contributed by atoms with E-state index in [9.17, 15) is 19.1 Å². The number of halogens is 1. The van der Waals surface area contributed by atoms with Crippen LogP contribution >= 0.6 is 0 Å². The van der Waals surface area contributed by atoms with Gasteiger partial charge in [-0.1, -0.05) is 18.2 Å². The highest BCUT2D eigenvalue weighted by Gasteiger charge is 2.23. The number of para-hydroxylation sites is 1. The van der Waals surface area contributed by atoms with E-state index in [1.165, 1.54) is 12.3 Å². The van der Waals surface area contributed by atoms with Crippen LogP contribution in [0.5, 0.6) is 5.75 Å². The summed E-state index contributed by atoms with van der Waals surface area (Å²) in [5, 5.41) is 9.82. The SMILES string of the molecule is O=C(Cc1ccccc1O)N1CCCN(C(=O)c2cncc(F)c2)CC1. The standard InChI is InChI=1S/C19H20FN3O3/c20-16-10-15(12-21-13-16)19(26)23-7-3-6-22(8-9-23)18(25)11-14-4-1-2-5-17(14)24/h1-2,4-5,10,12-13,24H,3,6-9,11H2. The lowest BCUT2D eigenvalue weighted by molar-refractivity contribution is -0.130. The predicted octanol–water partition coefficient (Wildman–Crippen LogP) is 1.84. The van der Waals surface area contributed by atoms with Crippen molar-refractivity contribution in [2.24, 2.45) is 0 Å². The minimum atomic E-state index is -0.551. The fourth-order valence-electron chi connectivity index (χ4n) is 3.02. The minimum Gasteiger partial charge on any atom is -0.508 e. The number of benzene rings is 1. The van der Waals surface area contributed by atoms with Crippen molar-refractivity contribution in [1.82, 2.24) is 14.8 Å². The molecule has 0 radical (unpaired) electrons. The number of hydrogen-bond donors (Lipinski definition) is 1. The highest BCUT2D eigenvalue weighted by atomic mass is 19.1. The molecule has 2 amide bonds. The van der Waals surface area contributed by atoms with Gasteiger partial charge < -0.3 is 14.9 Å². The van der Waals surface area contributed by atoms with Crippen molar-refractivity contribution >= 4 is 11.8 Å². The zero-order chi connectivity index (χ0) is 18.5. The van der Waals surface area contributed by atoms with Gasteiger partial charge >= 0.3 is 0 Å². The molecule has 1 aliphatic rings. The van der Waals surface area contributed by atoms with E-state index in [0.717, 1.165) is 6.20 Å². The molecule has 0 unspecified atom stereocenters. The molecular formula is C19H20FN3O3. The molecule has 0 spiro atoms. The Hall–Kier alpha value is -2.96. The number of pyridine rings is 1. The number of hydrogen-bond acceptors (Lipinski definition) is 4. The smallest absolute Gasteiger partial charge is 0.255 e. The summed E-state index contributed by atoms with van der Waals surface area (Å²) >= 11 is 0. The number of aromatic nitrogens is 1. The zero-order valence-corrected chi connectivity index (χ0v) is 14.3. The van der Waals surface area contributed by atoms with E-state index in [1.807, 2.05) is 0 Å². The largest absolute Gasteiger partial charge is 0.508 e. The number of nitrogens with zero attached hydrogens (tertiary/aromatic N) is 3. The molecule has 2 heterocycles. The van der Waals surface area contributed by atoms with Gasteiger partial charge in [0, 0.05) is 37.9 Å². The summed E-state index contributed by atoms with van der Waals surface area (Å²) in [5.41, 5.74) is 0.791. The quantitative estimate of drug-likeness (QED) is 0.910. The molecule has 1 N–H and O–H groups in total. The Bertz CT molecular complexity index is 812.